The first-order valence-electron chi connectivity index (χ1n) is 6.22. The fourth-order valence-corrected chi connectivity index (χ4v) is 1.53. The van der Waals surface area contributed by atoms with Crippen molar-refractivity contribution in [1.82, 2.24) is 5.32 Å². The predicted octanol–water partition coefficient (Wildman–Crippen LogP) is 2.36. The molecule has 0 aliphatic rings. The number of hydrogen-bond donors (Lipinski definition) is 2. The molecule has 3 heteroatoms. The normalized spacial score (nSPS) is 11.3. The van der Waals surface area contributed by atoms with E-state index in [0.29, 0.717) is 6.61 Å². The van der Waals surface area contributed by atoms with Crippen LogP contribution in [0, 0.1) is 5.41 Å². The molecule has 0 amide bonds. The van der Waals surface area contributed by atoms with Crippen molar-refractivity contribution in [2.24, 2.45) is 5.41 Å². The minimum Gasteiger partial charge on any atom is -0.489 e. The summed E-state index contributed by atoms with van der Waals surface area (Å²) in [5.74, 6) is 0.881. The van der Waals surface area contributed by atoms with Gasteiger partial charge in [0.25, 0.3) is 0 Å². The van der Waals surface area contributed by atoms with Gasteiger partial charge >= 0.3 is 0 Å². The Labute approximate surface area is 109 Å². The van der Waals surface area contributed by atoms with Crippen molar-refractivity contribution < 1.29 is 9.84 Å². The molecule has 0 saturated carbocycles. The molecule has 0 spiro atoms. The highest BCUT2D eigenvalue weighted by atomic mass is 16.5. The van der Waals surface area contributed by atoms with E-state index in [-0.39, 0.29) is 12.0 Å². The molecule has 1 aromatic rings. The Morgan fingerprint density at radius 3 is 2.78 bits per heavy atom. The Bertz CT molecular complexity index is 375. The van der Waals surface area contributed by atoms with Gasteiger partial charge in [0.1, 0.15) is 12.4 Å². The van der Waals surface area contributed by atoms with E-state index in [1.54, 1.807) is 6.08 Å². The summed E-state index contributed by atoms with van der Waals surface area (Å²) >= 11 is 0. The van der Waals surface area contributed by atoms with Crippen molar-refractivity contribution in [3.63, 3.8) is 0 Å². The molecule has 0 aliphatic heterocycles. The molecule has 0 unspecified atom stereocenters. The van der Waals surface area contributed by atoms with E-state index in [1.165, 1.54) is 0 Å². The lowest BCUT2D eigenvalue weighted by Gasteiger charge is -2.22. The van der Waals surface area contributed by atoms with Crippen LogP contribution < -0.4 is 10.1 Å². The van der Waals surface area contributed by atoms with Crippen LogP contribution in [0.1, 0.15) is 19.4 Å². The first kappa shape index (κ1) is 14.7. The average Bonchev–Trinajstić information content (AvgIpc) is 2.37. The lowest BCUT2D eigenvalue weighted by molar-refractivity contribution is 0.156. The van der Waals surface area contributed by atoms with E-state index in [0.717, 1.165) is 24.4 Å². The van der Waals surface area contributed by atoms with Crippen LogP contribution in [-0.2, 0) is 6.54 Å². The molecule has 0 heterocycles. The second-order valence-corrected chi connectivity index (χ2v) is 5.13. The summed E-state index contributed by atoms with van der Waals surface area (Å²) in [6, 6.07) is 7.95. The van der Waals surface area contributed by atoms with Crippen molar-refractivity contribution in [1.29, 1.82) is 0 Å². The zero-order valence-corrected chi connectivity index (χ0v) is 11.3. The molecule has 1 rings (SSSR count). The number of hydrogen-bond acceptors (Lipinski definition) is 3. The quantitative estimate of drug-likeness (QED) is 0.695. The van der Waals surface area contributed by atoms with Crippen LogP contribution in [0.5, 0.6) is 5.75 Å². The average molecular weight is 249 g/mol. The molecule has 0 saturated heterocycles. The van der Waals surface area contributed by atoms with E-state index in [4.69, 9.17) is 4.74 Å². The highest BCUT2D eigenvalue weighted by molar-refractivity contribution is 5.33. The minimum absolute atomic E-state index is 0.100. The molecule has 1 aromatic carbocycles. The molecule has 0 fully saturated rings. The van der Waals surface area contributed by atoms with Crippen LogP contribution in [0.2, 0.25) is 0 Å². The van der Waals surface area contributed by atoms with Gasteiger partial charge < -0.3 is 15.2 Å². The number of ether oxygens (including phenoxy) is 1. The summed E-state index contributed by atoms with van der Waals surface area (Å²) in [5.41, 5.74) is 1.02. The van der Waals surface area contributed by atoms with Crippen molar-refractivity contribution in [2.75, 3.05) is 19.8 Å². The zero-order valence-electron chi connectivity index (χ0n) is 11.3. The van der Waals surface area contributed by atoms with Gasteiger partial charge in [-0.15, -0.1) is 0 Å². The molecule has 2 N–H and O–H groups in total. The van der Waals surface area contributed by atoms with Gasteiger partial charge in [-0.25, -0.2) is 0 Å². The maximum absolute atomic E-state index is 9.19. The first-order valence-corrected chi connectivity index (χ1v) is 6.22. The van der Waals surface area contributed by atoms with Crippen LogP contribution in [0.15, 0.2) is 36.9 Å². The van der Waals surface area contributed by atoms with Crippen LogP contribution in [0.25, 0.3) is 0 Å². The molecule has 0 aliphatic carbocycles. The Morgan fingerprint density at radius 2 is 2.11 bits per heavy atom. The largest absolute Gasteiger partial charge is 0.489 e. The third-order valence-electron chi connectivity index (χ3n) is 2.68. The second-order valence-electron chi connectivity index (χ2n) is 5.13. The van der Waals surface area contributed by atoms with Gasteiger partial charge in [-0.3, -0.25) is 0 Å². The van der Waals surface area contributed by atoms with Crippen molar-refractivity contribution in [2.45, 2.75) is 20.4 Å². The van der Waals surface area contributed by atoms with E-state index in [1.807, 2.05) is 38.1 Å². The highest BCUT2D eigenvalue weighted by Gasteiger charge is 2.15. The van der Waals surface area contributed by atoms with E-state index in [2.05, 4.69) is 11.9 Å². The van der Waals surface area contributed by atoms with E-state index in [9.17, 15) is 5.11 Å². The topological polar surface area (TPSA) is 41.5 Å². The molecule has 0 radical (unpaired) electrons. The Balaban J connectivity index is 2.53. The van der Waals surface area contributed by atoms with Gasteiger partial charge in [-0.2, -0.15) is 0 Å². The predicted molar refractivity (Wildman–Crippen MR) is 74.7 cm³/mol. The number of para-hydroxylation sites is 1. The number of benzene rings is 1. The summed E-state index contributed by atoms with van der Waals surface area (Å²) in [6.45, 7) is 9.88. The van der Waals surface area contributed by atoms with Crippen molar-refractivity contribution in [3.05, 3.63) is 42.5 Å². The molecule has 18 heavy (non-hydrogen) atoms. The number of nitrogens with one attached hydrogen (secondary N) is 1. The van der Waals surface area contributed by atoms with Gasteiger partial charge in [0.05, 0.1) is 0 Å². The maximum Gasteiger partial charge on any atom is 0.124 e. The highest BCUT2D eigenvalue weighted by Crippen LogP contribution is 2.18. The molecule has 3 nitrogen and oxygen atoms in total. The van der Waals surface area contributed by atoms with Crippen molar-refractivity contribution in [3.8, 4) is 5.75 Å². The van der Waals surface area contributed by atoms with Gasteiger partial charge in [-0.1, -0.05) is 44.7 Å². The summed E-state index contributed by atoms with van der Waals surface area (Å²) in [6.07, 6.45) is 1.74. The zero-order chi connectivity index (χ0) is 13.4. The number of aliphatic hydroxyl groups excluding tert-OH is 1. The summed E-state index contributed by atoms with van der Waals surface area (Å²) < 4.78 is 5.59. The van der Waals surface area contributed by atoms with E-state index >= 15 is 0 Å². The lowest BCUT2D eigenvalue weighted by Crippen LogP contribution is -2.31. The van der Waals surface area contributed by atoms with Gasteiger partial charge in [-0.05, 0) is 6.07 Å². The van der Waals surface area contributed by atoms with Crippen LogP contribution in [0.3, 0.4) is 0 Å². The molecular formula is C15H23NO2. The smallest absolute Gasteiger partial charge is 0.124 e. The Morgan fingerprint density at radius 1 is 1.39 bits per heavy atom. The van der Waals surface area contributed by atoms with Crippen LogP contribution in [0.4, 0.5) is 0 Å². The Kier molecular flexibility index (Phi) is 5.89. The lowest BCUT2D eigenvalue weighted by atomic mass is 9.95. The summed E-state index contributed by atoms with van der Waals surface area (Å²) in [4.78, 5) is 0. The van der Waals surface area contributed by atoms with Crippen LogP contribution in [-0.4, -0.2) is 24.9 Å². The van der Waals surface area contributed by atoms with Crippen molar-refractivity contribution >= 4 is 0 Å². The first-order chi connectivity index (χ1) is 8.59. The van der Waals surface area contributed by atoms with Gasteiger partial charge in [0.15, 0.2) is 0 Å². The van der Waals surface area contributed by atoms with Gasteiger partial charge in [0, 0.05) is 30.7 Å². The molecule has 100 valence electrons. The maximum atomic E-state index is 9.19. The SMILES string of the molecule is C=CCOc1ccccc1CNCC(C)(C)CO. The third-order valence-corrected chi connectivity index (χ3v) is 2.68. The van der Waals surface area contributed by atoms with Crippen LogP contribution >= 0.6 is 0 Å². The Hall–Kier alpha value is -1.32. The monoisotopic (exact) mass is 249 g/mol. The van der Waals surface area contributed by atoms with E-state index < -0.39 is 0 Å². The second kappa shape index (κ2) is 7.19. The molecular weight excluding hydrogens is 226 g/mol. The molecule has 0 bridgehead atoms. The summed E-state index contributed by atoms with van der Waals surface area (Å²) in [5, 5.41) is 12.5. The summed E-state index contributed by atoms with van der Waals surface area (Å²) in [7, 11) is 0. The fourth-order valence-electron chi connectivity index (χ4n) is 1.53. The standard InChI is InChI=1S/C15H23NO2/c1-4-9-18-14-8-6-5-7-13(14)10-16-11-15(2,3)12-17/h4-8,16-17H,1,9-12H2,2-3H3. The third kappa shape index (κ3) is 4.90. The van der Waals surface area contributed by atoms with Gasteiger partial charge in [0.2, 0.25) is 0 Å². The number of aliphatic hydroxyl groups is 1. The number of rotatable bonds is 8. The minimum atomic E-state index is -0.100. The molecule has 0 aromatic heterocycles. The fraction of sp³-hybridized carbons (Fsp3) is 0.467. The molecule has 0 atom stereocenters.